The van der Waals surface area contributed by atoms with Crippen LogP contribution in [-0.2, 0) is 0 Å². The summed E-state index contributed by atoms with van der Waals surface area (Å²) in [6.07, 6.45) is 4.78. The van der Waals surface area contributed by atoms with Crippen molar-refractivity contribution in [1.82, 2.24) is 0 Å². The monoisotopic (exact) mass is 1010 g/mol. The molecule has 0 bridgehead atoms. The lowest BCUT2D eigenvalue weighted by Crippen LogP contribution is -2.68. The first-order valence-corrected chi connectivity index (χ1v) is 31.7. The van der Waals surface area contributed by atoms with Gasteiger partial charge in [-0.1, -0.05) is 104 Å². The van der Waals surface area contributed by atoms with Gasteiger partial charge in [-0.05, 0) is 110 Å². The van der Waals surface area contributed by atoms with E-state index in [0.29, 0.717) is 22.3 Å². The Kier molecular flexibility index (Phi) is 9.33. The number of rotatable bonds is 6. The molecule has 336 valence electrons. The Morgan fingerprint density at radius 3 is 1.50 bits per heavy atom. The molecule has 6 nitrogen and oxygen atoms in total. The minimum atomic E-state index is -2.66. The number of para-hydroxylation sites is 2. The number of thiophene rings is 4. The molecule has 9 aromatic rings. The van der Waals surface area contributed by atoms with E-state index >= 15 is 0 Å². The Bertz CT molecular complexity index is 3790. The number of fused-ring (bicyclic) bond motifs is 8. The van der Waals surface area contributed by atoms with Crippen molar-refractivity contribution in [2.45, 2.75) is 25.1 Å². The summed E-state index contributed by atoms with van der Waals surface area (Å²) < 4.78 is 0. The van der Waals surface area contributed by atoms with Gasteiger partial charge in [0.25, 0.3) is 0 Å². The number of carbonyl (C=O) groups excluding carboxylic acids is 4. The number of ketones is 4. The normalized spacial score (nSPS) is 18.1. The van der Waals surface area contributed by atoms with Crippen molar-refractivity contribution in [1.29, 1.82) is 0 Å². The van der Waals surface area contributed by atoms with Crippen LogP contribution in [0.1, 0.15) is 57.6 Å². The fraction of sp³-hybridized carbons (Fsp3) is 0.0690. The van der Waals surface area contributed by atoms with Crippen LogP contribution in [0.4, 0.5) is 32.8 Å². The zero-order valence-electron chi connectivity index (χ0n) is 37.5. The van der Waals surface area contributed by atoms with E-state index < -0.39 is 16.1 Å². The van der Waals surface area contributed by atoms with Gasteiger partial charge >= 0.3 is 0 Å². The molecule has 1 fully saturated rings. The van der Waals surface area contributed by atoms with Gasteiger partial charge in [-0.15, -0.1) is 22.7 Å². The third kappa shape index (κ3) is 5.92. The number of hydrogen-bond acceptors (Lipinski definition) is 10. The third-order valence-electron chi connectivity index (χ3n) is 15.3. The van der Waals surface area contributed by atoms with Crippen molar-refractivity contribution in [3.05, 3.63) is 204 Å². The van der Waals surface area contributed by atoms with Crippen LogP contribution >= 0.6 is 45.3 Å². The number of benzene rings is 5. The van der Waals surface area contributed by atoms with Crippen LogP contribution in [0, 0.1) is 0 Å². The second kappa shape index (κ2) is 15.5. The lowest BCUT2D eigenvalue weighted by molar-refractivity contribution is 0.0975. The Morgan fingerprint density at radius 1 is 0.457 bits per heavy atom. The standard InChI is InChI=1S/C58H38N2O4S4Si2/c1-69(38-10-3-2-4-11-38)49-14-7-5-12-45(49)59(53-22-18-36(67-53)28-39-55(61)41-30-65-31-42(41)56(39)62)47-20-16-35(27-52(47)69)34-17-21-51-48(26-34)60(46-13-6-8-15-50(46)70(51)24-9-25-70)54-23-19-37(68-54)29-40-57(63)43-32-66-33-44(43)58(40)64/h2-8,10-23,26-33H,9,24-25H2,1H3. The number of Topliss-reactive ketones (excluding diaryl/α,β-unsaturated/α-hetero) is 4. The van der Waals surface area contributed by atoms with Gasteiger partial charge in [0.2, 0.25) is 0 Å². The first-order chi connectivity index (χ1) is 34.2. The summed E-state index contributed by atoms with van der Waals surface area (Å²) in [6, 6.07) is 53.7. The molecule has 70 heavy (non-hydrogen) atoms. The lowest BCUT2D eigenvalue weighted by atomic mass is 10.0. The molecule has 1 saturated heterocycles. The quantitative estimate of drug-likeness (QED) is 0.0938. The predicted octanol–water partition coefficient (Wildman–Crippen LogP) is 12.2. The van der Waals surface area contributed by atoms with Crippen molar-refractivity contribution >= 4 is 155 Å². The molecule has 0 saturated carbocycles. The molecular weight excluding hydrogens is 973 g/mol. The molecule has 1 unspecified atom stereocenters. The topological polar surface area (TPSA) is 74.8 Å². The summed E-state index contributed by atoms with van der Waals surface area (Å²) >= 11 is 5.97. The molecule has 14 rings (SSSR count). The lowest BCUT2D eigenvalue weighted by Gasteiger charge is -2.49. The average molecular weight is 1010 g/mol. The predicted molar refractivity (Wildman–Crippen MR) is 295 cm³/mol. The zero-order chi connectivity index (χ0) is 47.0. The number of allylic oxidation sites excluding steroid dienone is 2. The SMILES string of the molecule is C[Si]1(c2ccccc2)c2ccccc2N(c2ccc(C=C3C(=O)c4cscc4C3=O)s2)c2ccc(-c3ccc4c(c3)N(c3ccc(C=C5C(=O)c6cscc6C5=O)s3)c3ccccc3[Si]43CCC3)cc21. The van der Waals surface area contributed by atoms with Gasteiger partial charge in [-0.3, -0.25) is 19.2 Å². The minimum Gasteiger partial charge on any atom is -0.302 e. The highest BCUT2D eigenvalue weighted by atomic mass is 32.1. The molecule has 5 aromatic carbocycles. The molecule has 1 spiro atoms. The highest BCUT2D eigenvalue weighted by Gasteiger charge is 2.50. The van der Waals surface area contributed by atoms with Crippen LogP contribution in [0.15, 0.2) is 172 Å². The first-order valence-electron chi connectivity index (χ1n) is 23.3. The fourth-order valence-electron chi connectivity index (χ4n) is 11.7. The molecule has 3 aliphatic heterocycles. The van der Waals surface area contributed by atoms with Gasteiger partial charge in [0, 0.05) is 76.3 Å². The number of anilines is 6. The third-order valence-corrected chi connectivity index (χ3v) is 28.6. The Hall–Kier alpha value is -6.91. The highest BCUT2D eigenvalue weighted by Crippen LogP contribution is 2.49. The molecule has 4 aromatic heterocycles. The first kappa shape index (κ1) is 42.0. The van der Waals surface area contributed by atoms with Crippen LogP contribution in [0.3, 0.4) is 0 Å². The zero-order valence-corrected chi connectivity index (χ0v) is 42.8. The summed E-state index contributed by atoms with van der Waals surface area (Å²) in [4.78, 5) is 59.9. The van der Waals surface area contributed by atoms with Crippen molar-refractivity contribution in [3.8, 4) is 11.1 Å². The van der Waals surface area contributed by atoms with E-state index in [0.717, 1.165) is 42.3 Å². The van der Waals surface area contributed by atoms with Crippen LogP contribution in [0.25, 0.3) is 23.3 Å². The minimum absolute atomic E-state index is 0.194. The van der Waals surface area contributed by atoms with E-state index in [2.05, 4.69) is 144 Å². The van der Waals surface area contributed by atoms with E-state index in [1.807, 2.05) is 12.1 Å². The average Bonchev–Trinajstić information content (AvgIpc) is 4.26. The number of nitrogens with zero attached hydrogens (tertiary/aromatic N) is 2. The Labute approximate surface area is 421 Å². The molecule has 2 aliphatic carbocycles. The van der Waals surface area contributed by atoms with E-state index in [-0.39, 0.29) is 34.3 Å². The summed E-state index contributed by atoms with van der Waals surface area (Å²) in [5, 5.41) is 16.0. The Morgan fingerprint density at radius 2 is 0.929 bits per heavy atom. The van der Waals surface area contributed by atoms with E-state index in [1.54, 1.807) is 56.3 Å². The molecule has 5 aliphatic rings. The summed E-state index contributed by atoms with van der Waals surface area (Å²) in [7, 11) is -4.68. The van der Waals surface area contributed by atoms with Crippen molar-refractivity contribution in [3.63, 3.8) is 0 Å². The molecule has 0 N–H and O–H groups in total. The van der Waals surface area contributed by atoms with Crippen LogP contribution < -0.4 is 35.7 Å². The maximum atomic E-state index is 13.4. The van der Waals surface area contributed by atoms with Crippen LogP contribution in [0.2, 0.25) is 18.6 Å². The largest absolute Gasteiger partial charge is 0.302 e. The molecule has 7 heterocycles. The van der Waals surface area contributed by atoms with Crippen molar-refractivity contribution < 1.29 is 19.2 Å². The van der Waals surface area contributed by atoms with Gasteiger partial charge in [0.1, 0.15) is 18.1 Å². The van der Waals surface area contributed by atoms with Crippen LogP contribution in [-0.4, -0.2) is 39.3 Å². The summed E-state index contributed by atoms with van der Waals surface area (Å²) in [5.74, 6) is -0.792. The molecule has 12 heteroatoms. The second-order valence-electron chi connectivity index (χ2n) is 18.8. The van der Waals surface area contributed by atoms with E-state index in [1.165, 1.54) is 78.5 Å². The molecule has 0 amide bonds. The molecule has 1 atom stereocenters. The Balaban J connectivity index is 0.906. The number of hydrogen-bond donors (Lipinski definition) is 0. The van der Waals surface area contributed by atoms with Gasteiger partial charge in [-0.25, -0.2) is 0 Å². The number of carbonyl (C=O) groups is 4. The van der Waals surface area contributed by atoms with Crippen molar-refractivity contribution in [2.24, 2.45) is 0 Å². The molecule has 0 radical (unpaired) electrons. The van der Waals surface area contributed by atoms with Gasteiger partial charge in [-0.2, -0.15) is 22.7 Å². The smallest absolute Gasteiger partial charge is 0.198 e. The van der Waals surface area contributed by atoms with E-state index in [9.17, 15) is 19.2 Å². The second-order valence-corrected chi connectivity index (χ2v) is 30.6. The van der Waals surface area contributed by atoms with Gasteiger partial charge in [0.15, 0.2) is 31.2 Å². The maximum Gasteiger partial charge on any atom is 0.198 e. The maximum absolute atomic E-state index is 13.4. The summed E-state index contributed by atoms with van der Waals surface area (Å²) in [5.41, 5.74) is 9.46. The summed E-state index contributed by atoms with van der Waals surface area (Å²) in [6.45, 7) is 2.48. The fourth-order valence-corrected chi connectivity index (χ4v) is 23.9. The highest BCUT2D eigenvalue weighted by molar-refractivity contribution is 7.18. The van der Waals surface area contributed by atoms with E-state index in [4.69, 9.17) is 0 Å². The van der Waals surface area contributed by atoms with Gasteiger partial charge < -0.3 is 9.80 Å². The van der Waals surface area contributed by atoms with Gasteiger partial charge in [0.05, 0.1) is 11.1 Å². The van der Waals surface area contributed by atoms with Crippen molar-refractivity contribution in [2.75, 3.05) is 9.80 Å². The molecular formula is C58H38N2O4S4Si2. The van der Waals surface area contributed by atoms with Crippen LogP contribution in [0.5, 0.6) is 0 Å².